The maximum Gasteiger partial charge on any atom is 0.416 e. The van der Waals surface area contributed by atoms with Crippen molar-refractivity contribution < 1.29 is 36.2 Å². The molecule has 10 heteroatoms. The van der Waals surface area contributed by atoms with E-state index in [2.05, 4.69) is 4.72 Å². The molecule has 2 aromatic carbocycles. The molecule has 0 aromatic heterocycles. The summed E-state index contributed by atoms with van der Waals surface area (Å²) in [6.07, 6.45) is 0.276. The summed E-state index contributed by atoms with van der Waals surface area (Å²) in [7, 11) is -3.91. The van der Waals surface area contributed by atoms with E-state index in [0.717, 1.165) is 37.1 Å². The summed E-state index contributed by atoms with van der Waals surface area (Å²) in [6.45, 7) is 3.56. The van der Waals surface area contributed by atoms with E-state index >= 15 is 0 Å². The van der Waals surface area contributed by atoms with E-state index in [4.69, 9.17) is 9.84 Å². The van der Waals surface area contributed by atoms with E-state index in [1.54, 1.807) is 24.3 Å². The lowest BCUT2D eigenvalue weighted by Crippen LogP contribution is -2.44. The molecule has 2 N–H and O–H groups in total. The van der Waals surface area contributed by atoms with E-state index in [0.29, 0.717) is 24.0 Å². The normalized spacial score (nSPS) is 16.1. The first kappa shape index (κ1) is 26.6. The molecule has 0 heterocycles. The lowest BCUT2D eigenvalue weighted by molar-refractivity contribution is -0.137. The standard InChI is InChI=1S/C25H28F3NO5S/c1-17(2)24(13-3-4-14-24)35(32,33)29-21-11-10-20(25(26,27)28)15-22(21)34-16-19-7-5-18(6-8-19)9-12-23(30)31/h5-12,15,17,29H,3-4,13-14,16H2,1-2H3,(H,30,31)/b12-9+. The molecule has 0 aliphatic heterocycles. The minimum absolute atomic E-state index is 0.0501. The average Bonchev–Trinajstić information content (AvgIpc) is 3.29. The number of benzene rings is 2. The largest absolute Gasteiger partial charge is 0.487 e. The van der Waals surface area contributed by atoms with Crippen molar-refractivity contribution in [3.8, 4) is 5.75 Å². The van der Waals surface area contributed by atoms with Crippen LogP contribution in [0.3, 0.4) is 0 Å². The first-order valence-corrected chi connectivity index (χ1v) is 12.7. The van der Waals surface area contributed by atoms with Gasteiger partial charge in [0.15, 0.2) is 0 Å². The number of anilines is 1. The van der Waals surface area contributed by atoms with Gasteiger partial charge in [-0.25, -0.2) is 13.2 Å². The number of halogens is 3. The molecule has 0 amide bonds. The SMILES string of the molecule is CC(C)C1(S(=O)(=O)Nc2ccc(C(F)(F)F)cc2OCc2ccc(/C=C/C(=O)O)cc2)CCCC1. The average molecular weight is 512 g/mol. The number of sulfonamides is 1. The molecular formula is C25H28F3NO5S. The van der Waals surface area contributed by atoms with Gasteiger partial charge in [0.05, 0.1) is 16.0 Å². The molecule has 0 atom stereocenters. The highest BCUT2D eigenvalue weighted by Crippen LogP contribution is 2.44. The number of carboxylic acids is 1. The van der Waals surface area contributed by atoms with Crippen LogP contribution in [0, 0.1) is 5.92 Å². The molecular weight excluding hydrogens is 483 g/mol. The maximum atomic E-state index is 13.4. The molecule has 1 aliphatic carbocycles. The number of aliphatic carboxylic acids is 1. The van der Waals surface area contributed by atoms with Gasteiger partial charge >= 0.3 is 12.1 Å². The highest BCUT2D eigenvalue weighted by Gasteiger charge is 2.48. The van der Waals surface area contributed by atoms with Crippen LogP contribution in [0.25, 0.3) is 6.08 Å². The van der Waals surface area contributed by atoms with Crippen LogP contribution in [-0.2, 0) is 27.6 Å². The van der Waals surface area contributed by atoms with Gasteiger partial charge in [0.2, 0.25) is 10.0 Å². The van der Waals surface area contributed by atoms with Crippen LogP contribution in [0.2, 0.25) is 0 Å². The van der Waals surface area contributed by atoms with Crippen molar-refractivity contribution in [2.45, 2.75) is 57.1 Å². The zero-order valence-electron chi connectivity index (χ0n) is 19.4. The first-order chi connectivity index (χ1) is 16.3. The Labute approximate surface area is 202 Å². The quantitative estimate of drug-likeness (QED) is 0.397. The minimum atomic E-state index is -4.63. The fourth-order valence-corrected chi connectivity index (χ4v) is 6.44. The zero-order chi connectivity index (χ0) is 25.9. The van der Waals surface area contributed by atoms with Crippen molar-refractivity contribution in [3.63, 3.8) is 0 Å². The molecule has 6 nitrogen and oxygen atoms in total. The van der Waals surface area contributed by atoms with E-state index in [9.17, 15) is 26.4 Å². The molecule has 35 heavy (non-hydrogen) atoms. The third-order valence-electron chi connectivity index (χ3n) is 6.38. The van der Waals surface area contributed by atoms with Gasteiger partial charge in [-0.1, -0.05) is 51.0 Å². The lowest BCUT2D eigenvalue weighted by Gasteiger charge is -2.33. The summed E-state index contributed by atoms with van der Waals surface area (Å²) < 4.78 is 74.0. The summed E-state index contributed by atoms with van der Waals surface area (Å²) >= 11 is 0. The Morgan fingerprint density at radius 3 is 2.31 bits per heavy atom. The Morgan fingerprint density at radius 1 is 1.14 bits per heavy atom. The summed E-state index contributed by atoms with van der Waals surface area (Å²) in [5.74, 6) is -1.49. The number of nitrogens with one attached hydrogen (secondary N) is 1. The van der Waals surface area contributed by atoms with E-state index in [1.807, 2.05) is 13.8 Å². The number of hydrogen-bond acceptors (Lipinski definition) is 4. The van der Waals surface area contributed by atoms with Crippen LogP contribution in [0.1, 0.15) is 56.2 Å². The second-order valence-corrected chi connectivity index (χ2v) is 11.0. The van der Waals surface area contributed by atoms with E-state index in [1.165, 1.54) is 6.08 Å². The van der Waals surface area contributed by atoms with Crippen LogP contribution in [0.5, 0.6) is 5.75 Å². The predicted molar refractivity (Wildman–Crippen MR) is 127 cm³/mol. The van der Waals surface area contributed by atoms with Crippen molar-refractivity contribution >= 4 is 27.8 Å². The fraction of sp³-hybridized carbons (Fsp3) is 0.400. The van der Waals surface area contributed by atoms with Gasteiger partial charge in [-0.2, -0.15) is 13.2 Å². The molecule has 2 aromatic rings. The zero-order valence-corrected chi connectivity index (χ0v) is 20.2. The van der Waals surface area contributed by atoms with Crippen molar-refractivity contribution in [3.05, 3.63) is 65.2 Å². The highest BCUT2D eigenvalue weighted by atomic mass is 32.2. The summed E-state index contributed by atoms with van der Waals surface area (Å²) in [6, 6.07) is 9.26. The van der Waals surface area contributed by atoms with Crippen LogP contribution >= 0.6 is 0 Å². The van der Waals surface area contributed by atoms with Crippen molar-refractivity contribution in [2.75, 3.05) is 4.72 Å². The number of hydrogen-bond donors (Lipinski definition) is 2. The Hall–Kier alpha value is -3.01. The molecule has 0 bridgehead atoms. The molecule has 190 valence electrons. The Balaban J connectivity index is 1.88. The summed E-state index contributed by atoms with van der Waals surface area (Å²) in [5.41, 5.74) is 0.229. The number of carboxylic acid groups (broad SMARTS) is 1. The number of carbonyl (C=O) groups is 1. The van der Waals surface area contributed by atoms with E-state index in [-0.39, 0.29) is 24.0 Å². The summed E-state index contributed by atoms with van der Waals surface area (Å²) in [5, 5.41) is 8.71. The van der Waals surface area contributed by atoms with E-state index < -0.39 is 32.5 Å². The molecule has 0 spiro atoms. The van der Waals surface area contributed by atoms with Gasteiger partial charge in [-0.05, 0) is 54.2 Å². The van der Waals surface area contributed by atoms with Crippen molar-refractivity contribution in [1.29, 1.82) is 0 Å². The lowest BCUT2D eigenvalue weighted by atomic mass is 9.93. The first-order valence-electron chi connectivity index (χ1n) is 11.2. The third kappa shape index (κ3) is 6.17. The topological polar surface area (TPSA) is 92.7 Å². The minimum Gasteiger partial charge on any atom is -0.487 e. The van der Waals surface area contributed by atoms with Crippen molar-refractivity contribution in [2.24, 2.45) is 5.92 Å². The van der Waals surface area contributed by atoms with Gasteiger partial charge in [0, 0.05) is 6.08 Å². The number of ether oxygens (including phenoxy) is 1. The number of rotatable bonds is 9. The third-order valence-corrected chi connectivity index (χ3v) is 8.82. The summed E-state index contributed by atoms with van der Waals surface area (Å²) in [4.78, 5) is 10.6. The van der Waals surface area contributed by atoms with Crippen molar-refractivity contribution in [1.82, 2.24) is 0 Å². The van der Waals surface area contributed by atoms with Gasteiger partial charge in [0.25, 0.3) is 0 Å². The van der Waals surface area contributed by atoms with Crippen LogP contribution in [0.4, 0.5) is 18.9 Å². The smallest absolute Gasteiger partial charge is 0.416 e. The Kier molecular flexibility index (Phi) is 7.83. The molecule has 1 fully saturated rings. The molecule has 1 saturated carbocycles. The molecule has 0 radical (unpaired) electrons. The van der Waals surface area contributed by atoms with Gasteiger partial charge in [-0.15, -0.1) is 0 Å². The van der Waals surface area contributed by atoms with Crippen LogP contribution in [-0.4, -0.2) is 24.2 Å². The second-order valence-electron chi connectivity index (χ2n) is 8.94. The maximum absolute atomic E-state index is 13.4. The van der Waals surface area contributed by atoms with Gasteiger partial charge < -0.3 is 9.84 Å². The molecule has 0 unspecified atom stereocenters. The predicted octanol–water partition coefficient (Wildman–Crippen LogP) is 6.09. The fourth-order valence-electron chi connectivity index (χ4n) is 4.33. The number of alkyl halides is 3. The Bertz CT molecular complexity index is 1180. The molecule has 3 rings (SSSR count). The molecule has 1 aliphatic rings. The Morgan fingerprint density at radius 2 is 1.77 bits per heavy atom. The van der Waals surface area contributed by atoms with Gasteiger partial charge in [0.1, 0.15) is 12.4 Å². The van der Waals surface area contributed by atoms with Crippen LogP contribution in [0.15, 0.2) is 48.5 Å². The van der Waals surface area contributed by atoms with Crippen LogP contribution < -0.4 is 9.46 Å². The highest BCUT2D eigenvalue weighted by molar-refractivity contribution is 7.94. The monoisotopic (exact) mass is 511 g/mol. The second kappa shape index (κ2) is 10.3. The molecule has 0 saturated heterocycles. The van der Waals surface area contributed by atoms with Gasteiger partial charge in [-0.3, -0.25) is 4.72 Å².